The van der Waals surface area contributed by atoms with E-state index in [1.807, 2.05) is 26.8 Å². The van der Waals surface area contributed by atoms with Crippen molar-refractivity contribution in [2.45, 2.75) is 71.6 Å². The van der Waals surface area contributed by atoms with Gasteiger partial charge in [0.25, 0.3) is 0 Å². The first-order valence-corrected chi connectivity index (χ1v) is 9.12. The van der Waals surface area contributed by atoms with Crippen molar-refractivity contribution in [1.82, 2.24) is 10.3 Å². The zero-order valence-electron chi connectivity index (χ0n) is 16.3. The SMILES string of the molecule is C=C(NC(CC)C(Nc1nc(C)c(C#N)cc1F)C1CC1)OC(C)(C)C. The number of anilines is 1. The van der Waals surface area contributed by atoms with Gasteiger partial charge in [-0.2, -0.15) is 5.26 Å². The normalized spacial score (nSPS) is 16.3. The number of pyridine rings is 1. The van der Waals surface area contributed by atoms with Crippen molar-refractivity contribution >= 4 is 5.82 Å². The quantitative estimate of drug-likeness (QED) is 0.678. The molecule has 142 valence electrons. The Kier molecular flexibility index (Phi) is 6.12. The van der Waals surface area contributed by atoms with Crippen LogP contribution in [0.25, 0.3) is 0 Å². The van der Waals surface area contributed by atoms with Crippen LogP contribution in [0.5, 0.6) is 0 Å². The fraction of sp³-hybridized carbons (Fsp3) is 0.600. The van der Waals surface area contributed by atoms with Gasteiger partial charge in [0, 0.05) is 6.04 Å². The maximum absolute atomic E-state index is 14.4. The molecule has 1 aromatic heterocycles. The molecule has 0 spiro atoms. The summed E-state index contributed by atoms with van der Waals surface area (Å²) in [6, 6.07) is 3.25. The molecule has 1 aliphatic carbocycles. The van der Waals surface area contributed by atoms with E-state index in [-0.39, 0.29) is 29.1 Å². The largest absolute Gasteiger partial charge is 0.474 e. The zero-order valence-corrected chi connectivity index (χ0v) is 16.3. The lowest BCUT2D eigenvalue weighted by Crippen LogP contribution is -2.46. The summed E-state index contributed by atoms with van der Waals surface area (Å²) in [6.07, 6.45) is 3.02. The molecular weight excluding hydrogens is 331 g/mol. The molecule has 26 heavy (non-hydrogen) atoms. The van der Waals surface area contributed by atoms with E-state index in [1.54, 1.807) is 6.92 Å². The van der Waals surface area contributed by atoms with Crippen LogP contribution in [0.2, 0.25) is 0 Å². The van der Waals surface area contributed by atoms with E-state index in [1.165, 1.54) is 6.07 Å². The van der Waals surface area contributed by atoms with Crippen molar-refractivity contribution in [3.8, 4) is 6.07 Å². The topological polar surface area (TPSA) is 70.0 Å². The molecule has 0 amide bonds. The van der Waals surface area contributed by atoms with E-state index < -0.39 is 5.82 Å². The van der Waals surface area contributed by atoms with E-state index in [0.717, 1.165) is 19.3 Å². The van der Waals surface area contributed by atoms with E-state index in [4.69, 9.17) is 10.00 Å². The first kappa shape index (κ1) is 20.0. The first-order chi connectivity index (χ1) is 12.1. The summed E-state index contributed by atoms with van der Waals surface area (Å²) in [4.78, 5) is 4.26. The summed E-state index contributed by atoms with van der Waals surface area (Å²) < 4.78 is 20.2. The minimum atomic E-state index is -0.502. The highest BCUT2D eigenvalue weighted by molar-refractivity contribution is 5.45. The number of nitrogens with one attached hydrogen (secondary N) is 2. The number of halogens is 1. The molecule has 1 heterocycles. The molecule has 1 fully saturated rings. The Labute approximate surface area is 155 Å². The van der Waals surface area contributed by atoms with Crippen molar-refractivity contribution in [2.75, 3.05) is 5.32 Å². The molecule has 2 N–H and O–H groups in total. The summed E-state index contributed by atoms with van der Waals surface area (Å²) >= 11 is 0. The Morgan fingerprint density at radius 2 is 2.15 bits per heavy atom. The lowest BCUT2D eigenvalue weighted by Gasteiger charge is -2.32. The Morgan fingerprint density at radius 1 is 1.50 bits per heavy atom. The second kappa shape index (κ2) is 7.94. The van der Waals surface area contributed by atoms with Crippen LogP contribution in [0.4, 0.5) is 10.2 Å². The third kappa shape index (κ3) is 5.35. The standard InChI is InChI=1S/C20H29FN4O/c1-7-17(24-13(3)26-20(4,5)6)18(14-8-9-14)25-19-16(21)10-15(11-22)12(2)23-19/h10,14,17-18,24H,3,7-9H2,1-2,4-6H3,(H,23,25). The smallest absolute Gasteiger partial charge is 0.180 e. The molecule has 0 radical (unpaired) electrons. The molecule has 5 nitrogen and oxygen atoms in total. The number of aromatic nitrogens is 1. The second-order valence-electron chi connectivity index (χ2n) is 7.87. The van der Waals surface area contributed by atoms with E-state index >= 15 is 0 Å². The van der Waals surface area contributed by atoms with E-state index in [9.17, 15) is 4.39 Å². The van der Waals surface area contributed by atoms with Gasteiger partial charge in [-0.1, -0.05) is 6.92 Å². The average molecular weight is 360 g/mol. The highest BCUT2D eigenvalue weighted by Gasteiger charge is 2.37. The van der Waals surface area contributed by atoms with Gasteiger partial charge in [0.2, 0.25) is 0 Å². The third-order valence-electron chi connectivity index (χ3n) is 4.37. The van der Waals surface area contributed by atoms with Crippen LogP contribution < -0.4 is 10.6 Å². The molecule has 2 unspecified atom stereocenters. The summed E-state index contributed by atoms with van der Waals surface area (Å²) in [5.74, 6) is 0.659. The van der Waals surface area contributed by atoms with Crippen LogP contribution in [0, 0.1) is 30.0 Å². The van der Waals surface area contributed by atoms with Gasteiger partial charge < -0.3 is 15.4 Å². The molecule has 1 saturated carbocycles. The maximum atomic E-state index is 14.4. The molecule has 1 aromatic rings. The summed E-state index contributed by atoms with van der Waals surface area (Å²) in [5, 5.41) is 15.6. The minimum Gasteiger partial charge on any atom is -0.474 e. The fourth-order valence-electron chi connectivity index (χ4n) is 3.01. The fourth-order valence-corrected chi connectivity index (χ4v) is 3.01. The number of hydrogen-bond acceptors (Lipinski definition) is 5. The summed E-state index contributed by atoms with van der Waals surface area (Å²) in [6.45, 7) is 13.7. The lowest BCUT2D eigenvalue weighted by atomic mass is 10.0. The maximum Gasteiger partial charge on any atom is 0.180 e. The molecule has 0 aromatic carbocycles. The number of nitrogens with zero attached hydrogens (tertiary/aromatic N) is 2. The predicted molar refractivity (Wildman–Crippen MR) is 101 cm³/mol. The van der Waals surface area contributed by atoms with Crippen molar-refractivity contribution < 1.29 is 9.13 Å². The summed E-state index contributed by atoms with van der Waals surface area (Å²) in [7, 11) is 0. The highest BCUT2D eigenvalue weighted by atomic mass is 19.1. The Bertz CT molecular complexity index is 701. The van der Waals surface area contributed by atoms with Crippen LogP contribution in [0.1, 0.15) is 58.2 Å². The van der Waals surface area contributed by atoms with Gasteiger partial charge in [-0.15, -0.1) is 0 Å². The Morgan fingerprint density at radius 3 is 2.65 bits per heavy atom. The van der Waals surface area contributed by atoms with Crippen molar-refractivity contribution in [3.05, 3.63) is 35.6 Å². The van der Waals surface area contributed by atoms with E-state index in [0.29, 0.717) is 17.5 Å². The van der Waals surface area contributed by atoms with Gasteiger partial charge in [0.05, 0.1) is 17.3 Å². The first-order valence-electron chi connectivity index (χ1n) is 9.12. The number of nitriles is 1. The zero-order chi connectivity index (χ0) is 19.5. The molecule has 1 aliphatic rings. The van der Waals surface area contributed by atoms with Gasteiger partial charge in [-0.05, 0) is 65.5 Å². The van der Waals surface area contributed by atoms with Crippen LogP contribution >= 0.6 is 0 Å². The summed E-state index contributed by atoms with van der Waals surface area (Å²) in [5.41, 5.74) is 0.448. The molecule has 0 saturated heterocycles. The number of hydrogen-bond donors (Lipinski definition) is 2. The molecule has 0 aliphatic heterocycles. The number of ether oxygens (including phenoxy) is 1. The minimum absolute atomic E-state index is 0.00894. The van der Waals surface area contributed by atoms with Crippen LogP contribution in [0.15, 0.2) is 18.5 Å². The number of rotatable bonds is 8. The molecule has 2 atom stereocenters. The van der Waals surface area contributed by atoms with Crippen molar-refractivity contribution in [1.29, 1.82) is 5.26 Å². The van der Waals surface area contributed by atoms with Gasteiger partial charge in [0.15, 0.2) is 17.5 Å². The van der Waals surface area contributed by atoms with Crippen LogP contribution in [0.3, 0.4) is 0 Å². The monoisotopic (exact) mass is 360 g/mol. The Hall–Kier alpha value is -2.29. The molecular formula is C20H29FN4O. The average Bonchev–Trinajstić information content (AvgIpc) is 3.36. The lowest BCUT2D eigenvalue weighted by molar-refractivity contribution is 0.0372. The van der Waals surface area contributed by atoms with E-state index in [2.05, 4.69) is 29.1 Å². The molecule has 6 heteroatoms. The second-order valence-corrected chi connectivity index (χ2v) is 7.87. The predicted octanol–water partition coefficient (Wildman–Crippen LogP) is 4.25. The van der Waals surface area contributed by atoms with Crippen molar-refractivity contribution in [3.63, 3.8) is 0 Å². The van der Waals surface area contributed by atoms with Crippen LogP contribution in [-0.4, -0.2) is 22.7 Å². The van der Waals surface area contributed by atoms with Crippen molar-refractivity contribution in [2.24, 2.45) is 5.92 Å². The third-order valence-corrected chi connectivity index (χ3v) is 4.37. The van der Waals surface area contributed by atoms with Gasteiger partial charge in [0.1, 0.15) is 11.7 Å². The number of aryl methyl sites for hydroxylation is 1. The van der Waals surface area contributed by atoms with Crippen LogP contribution in [-0.2, 0) is 4.74 Å². The highest BCUT2D eigenvalue weighted by Crippen LogP contribution is 2.37. The molecule has 0 bridgehead atoms. The van der Waals surface area contributed by atoms with Gasteiger partial charge >= 0.3 is 0 Å². The van der Waals surface area contributed by atoms with Gasteiger partial charge in [-0.3, -0.25) is 0 Å². The molecule has 2 rings (SSSR count). The Balaban J connectivity index is 2.16. The van der Waals surface area contributed by atoms with Gasteiger partial charge in [-0.25, -0.2) is 9.37 Å².